The molecule has 0 unspecified atom stereocenters. The summed E-state index contributed by atoms with van der Waals surface area (Å²) in [6.07, 6.45) is 0. The van der Waals surface area contributed by atoms with Gasteiger partial charge < -0.3 is 11.1 Å². The molecule has 3 N–H and O–H groups in total. The van der Waals surface area contributed by atoms with Gasteiger partial charge in [0, 0.05) is 15.2 Å². The predicted molar refractivity (Wildman–Crippen MR) is 82.8 cm³/mol. The van der Waals surface area contributed by atoms with E-state index in [9.17, 15) is 0 Å². The van der Waals surface area contributed by atoms with Crippen LogP contribution in [0.3, 0.4) is 0 Å². The fraction of sp³-hybridized carbons (Fsp3) is 0.143. The Morgan fingerprint density at radius 3 is 2.56 bits per heavy atom. The maximum absolute atomic E-state index is 6.11. The van der Waals surface area contributed by atoms with Crippen molar-refractivity contribution in [3.8, 4) is 0 Å². The number of rotatable bonds is 2. The fourth-order valence-corrected chi connectivity index (χ4v) is 2.41. The van der Waals surface area contributed by atoms with Crippen LogP contribution in [0.5, 0.6) is 0 Å². The second-order valence-corrected chi connectivity index (χ2v) is 5.54. The monoisotopic (exact) mass is 324 g/mol. The van der Waals surface area contributed by atoms with E-state index in [-0.39, 0.29) is 0 Å². The molecule has 0 amide bonds. The lowest BCUT2D eigenvalue weighted by atomic mass is 10.1. The molecule has 0 fully saturated rings. The lowest BCUT2D eigenvalue weighted by molar-refractivity contribution is 1.38. The summed E-state index contributed by atoms with van der Waals surface area (Å²) in [5.41, 5.74) is 10.7. The molecule has 18 heavy (non-hydrogen) atoms. The number of aryl methyl sites for hydroxylation is 1. The first kappa shape index (κ1) is 13.2. The van der Waals surface area contributed by atoms with Crippen molar-refractivity contribution in [1.29, 1.82) is 0 Å². The molecule has 0 saturated carbocycles. The first-order valence-electron chi connectivity index (χ1n) is 5.57. The number of anilines is 3. The van der Waals surface area contributed by atoms with Gasteiger partial charge in [0.15, 0.2) is 0 Å². The highest BCUT2D eigenvalue weighted by Gasteiger charge is 2.08. The zero-order valence-corrected chi connectivity index (χ0v) is 12.6. The molecule has 2 rings (SSSR count). The fourth-order valence-electron chi connectivity index (χ4n) is 1.78. The van der Waals surface area contributed by atoms with E-state index in [0.29, 0.717) is 10.7 Å². The Balaban J connectivity index is 2.43. The third-order valence-corrected chi connectivity index (χ3v) is 3.78. The van der Waals surface area contributed by atoms with Crippen molar-refractivity contribution in [2.45, 2.75) is 13.8 Å². The maximum Gasteiger partial charge on any atom is 0.0662 e. The molecule has 0 radical (unpaired) electrons. The predicted octanol–water partition coefficient (Wildman–Crippen LogP) is 5.05. The van der Waals surface area contributed by atoms with Crippen molar-refractivity contribution in [3.05, 3.63) is 51.0 Å². The molecule has 2 nitrogen and oxygen atoms in total. The molecule has 0 aliphatic heterocycles. The molecular formula is C14H14BrClN2. The van der Waals surface area contributed by atoms with Gasteiger partial charge in [0.2, 0.25) is 0 Å². The second kappa shape index (κ2) is 5.21. The van der Waals surface area contributed by atoms with Gasteiger partial charge in [-0.05, 0) is 55.3 Å². The number of nitrogens with one attached hydrogen (secondary N) is 1. The topological polar surface area (TPSA) is 38.0 Å². The van der Waals surface area contributed by atoms with Gasteiger partial charge >= 0.3 is 0 Å². The number of halogens is 2. The van der Waals surface area contributed by atoms with Crippen LogP contribution in [0, 0.1) is 13.8 Å². The highest BCUT2D eigenvalue weighted by atomic mass is 79.9. The summed E-state index contributed by atoms with van der Waals surface area (Å²) in [5, 5.41) is 4.06. The molecular weight excluding hydrogens is 312 g/mol. The Morgan fingerprint density at radius 1 is 1.17 bits per heavy atom. The number of nitrogen functional groups attached to an aromatic ring is 1. The summed E-state index contributed by atoms with van der Waals surface area (Å²) in [6, 6.07) is 9.68. The minimum Gasteiger partial charge on any atom is -0.397 e. The third-order valence-electron chi connectivity index (χ3n) is 2.88. The van der Waals surface area contributed by atoms with Crippen molar-refractivity contribution in [1.82, 2.24) is 0 Å². The van der Waals surface area contributed by atoms with Gasteiger partial charge in [0.1, 0.15) is 0 Å². The van der Waals surface area contributed by atoms with Gasteiger partial charge in [-0.2, -0.15) is 0 Å². The van der Waals surface area contributed by atoms with Crippen molar-refractivity contribution < 1.29 is 0 Å². The maximum atomic E-state index is 6.11. The average molecular weight is 326 g/mol. The van der Waals surface area contributed by atoms with E-state index >= 15 is 0 Å². The van der Waals surface area contributed by atoms with E-state index in [0.717, 1.165) is 27.0 Å². The average Bonchev–Trinajstić information content (AvgIpc) is 2.32. The minimum absolute atomic E-state index is 0.694. The molecule has 0 atom stereocenters. The Kier molecular flexibility index (Phi) is 3.83. The Hall–Kier alpha value is -1.19. The van der Waals surface area contributed by atoms with Crippen molar-refractivity contribution in [2.75, 3.05) is 11.1 Å². The summed E-state index contributed by atoms with van der Waals surface area (Å²) in [4.78, 5) is 0. The van der Waals surface area contributed by atoms with E-state index < -0.39 is 0 Å². The van der Waals surface area contributed by atoms with E-state index in [2.05, 4.69) is 27.3 Å². The van der Waals surface area contributed by atoms with Crippen LogP contribution >= 0.6 is 27.5 Å². The van der Waals surface area contributed by atoms with E-state index in [1.54, 1.807) is 0 Å². The van der Waals surface area contributed by atoms with Crippen LogP contribution in [0.25, 0.3) is 0 Å². The quantitative estimate of drug-likeness (QED) is 0.759. The van der Waals surface area contributed by atoms with Crippen LogP contribution < -0.4 is 11.1 Å². The van der Waals surface area contributed by atoms with Crippen LogP contribution in [-0.2, 0) is 0 Å². The van der Waals surface area contributed by atoms with Crippen LogP contribution in [0.1, 0.15) is 11.1 Å². The van der Waals surface area contributed by atoms with Crippen LogP contribution in [0.15, 0.2) is 34.8 Å². The van der Waals surface area contributed by atoms with Crippen molar-refractivity contribution >= 4 is 44.6 Å². The van der Waals surface area contributed by atoms with Crippen molar-refractivity contribution in [2.24, 2.45) is 0 Å². The van der Waals surface area contributed by atoms with Gasteiger partial charge in [-0.25, -0.2) is 0 Å². The van der Waals surface area contributed by atoms with Gasteiger partial charge in [-0.3, -0.25) is 0 Å². The molecule has 4 heteroatoms. The first-order valence-corrected chi connectivity index (χ1v) is 6.74. The smallest absolute Gasteiger partial charge is 0.0662 e. The lowest BCUT2D eigenvalue weighted by Crippen LogP contribution is -2.00. The van der Waals surface area contributed by atoms with Gasteiger partial charge in [0.05, 0.1) is 11.4 Å². The summed E-state index contributed by atoms with van der Waals surface area (Å²) >= 11 is 9.56. The molecule has 0 aromatic heterocycles. The molecule has 94 valence electrons. The lowest BCUT2D eigenvalue weighted by Gasteiger charge is -2.15. The largest absolute Gasteiger partial charge is 0.397 e. The third kappa shape index (κ3) is 2.62. The van der Waals surface area contributed by atoms with E-state index in [4.69, 9.17) is 17.3 Å². The molecule has 0 spiro atoms. The van der Waals surface area contributed by atoms with Crippen LogP contribution in [0.4, 0.5) is 17.1 Å². The Labute approximate surface area is 120 Å². The summed E-state index contributed by atoms with van der Waals surface area (Å²) in [5.74, 6) is 0. The van der Waals surface area contributed by atoms with Gasteiger partial charge in [0.25, 0.3) is 0 Å². The second-order valence-electron chi connectivity index (χ2n) is 4.22. The zero-order chi connectivity index (χ0) is 13.3. The summed E-state index contributed by atoms with van der Waals surface area (Å²) < 4.78 is 1.06. The molecule has 0 saturated heterocycles. The van der Waals surface area contributed by atoms with Gasteiger partial charge in [-0.1, -0.05) is 27.5 Å². The van der Waals surface area contributed by atoms with Crippen molar-refractivity contribution in [3.63, 3.8) is 0 Å². The van der Waals surface area contributed by atoms with E-state index in [1.165, 1.54) is 0 Å². The number of hydrogen-bond donors (Lipinski definition) is 2. The van der Waals surface area contributed by atoms with Crippen LogP contribution in [0.2, 0.25) is 5.02 Å². The summed E-state index contributed by atoms with van der Waals surface area (Å²) in [6.45, 7) is 4.00. The minimum atomic E-state index is 0.694. The molecule has 0 bridgehead atoms. The normalized spacial score (nSPS) is 10.4. The molecule has 0 aliphatic carbocycles. The SMILES string of the molecule is Cc1cc(Br)ccc1Nc1c(N)ccc(Cl)c1C. The highest BCUT2D eigenvalue weighted by molar-refractivity contribution is 9.10. The summed E-state index contributed by atoms with van der Waals surface area (Å²) in [7, 11) is 0. The standard InChI is InChI=1S/C14H14BrClN2/c1-8-7-10(15)3-6-13(8)18-14-9(2)11(16)4-5-12(14)17/h3-7,18H,17H2,1-2H3. The first-order chi connectivity index (χ1) is 8.49. The highest BCUT2D eigenvalue weighted by Crippen LogP contribution is 2.33. The number of nitrogens with two attached hydrogens (primary N) is 1. The Bertz CT molecular complexity index is 597. The zero-order valence-electron chi connectivity index (χ0n) is 10.2. The number of hydrogen-bond acceptors (Lipinski definition) is 2. The molecule has 2 aromatic carbocycles. The molecule has 0 aliphatic rings. The van der Waals surface area contributed by atoms with Gasteiger partial charge in [-0.15, -0.1) is 0 Å². The molecule has 2 aromatic rings. The van der Waals surface area contributed by atoms with E-state index in [1.807, 2.05) is 38.1 Å². The Morgan fingerprint density at radius 2 is 1.89 bits per heavy atom. The molecule has 0 heterocycles. The van der Waals surface area contributed by atoms with Crippen LogP contribution in [-0.4, -0.2) is 0 Å². The number of benzene rings is 2.